The average Bonchev–Trinajstić information content (AvgIpc) is 3.61. The second-order valence-electron chi connectivity index (χ2n) is 9.63. The van der Waals surface area contributed by atoms with Crippen molar-refractivity contribution in [1.29, 1.82) is 0 Å². The lowest BCUT2D eigenvalue weighted by Gasteiger charge is -2.23. The van der Waals surface area contributed by atoms with Crippen LogP contribution in [0, 0.1) is 17.6 Å². The van der Waals surface area contributed by atoms with Gasteiger partial charge >= 0.3 is 6.18 Å². The molecule has 2 fully saturated rings. The topological polar surface area (TPSA) is 98.4 Å². The maximum Gasteiger partial charge on any atom is 0.414 e. The van der Waals surface area contributed by atoms with Gasteiger partial charge in [-0.05, 0) is 31.9 Å². The molecule has 6 atom stereocenters. The van der Waals surface area contributed by atoms with E-state index in [-0.39, 0.29) is 24.9 Å². The zero-order chi connectivity index (χ0) is 28.5. The number of methoxy groups -OCH3 is 2. The summed E-state index contributed by atoms with van der Waals surface area (Å²) < 4.78 is 84.5. The molecule has 2 aliphatic heterocycles. The number of alkyl halides is 3. The van der Waals surface area contributed by atoms with Crippen LogP contribution in [0.25, 0.3) is 11.0 Å². The van der Waals surface area contributed by atoms with Gasteiger partial charge in [-0.15, -0.1) is 0 Å². The van der Waals surface area contributed by atoms with Crippen molar-refractivity contribution in [2.24, 2.45) is 5.92 Å². The number of aromatic amines is 1. The number of halogens is 5. The second kappa shape index (κ2) is 12.5. The van der Waals surface area contributed by atoms with Gasteiger partial charge in [-0.3, -0.25) is 9.78 Å². The van der Waals surface area contributed by atoms with Crippen molar-refractivity contribution in [2.45, 2.75) is 70.5 Å². The van der Waals surface area contributed by atoms with E-state index >= 15 is 0 Å². The fourth-order valence-corrected chi connectivity index (χ4v) is 5.41. The summed E-state index contributed by atoms with van der Waals surface area (Å²) >= 11 is 0. The minimum Gasteiger partial charge on any atom is -0.493 e. The van der Waals surface area contributed by atoms with E-state index in [1.54, 1.807) is 12.3 Å². The molecule has 2 N–H and O–H groups in total. The molecular weight excluding hydrogens is 539 g/mol. The highest BCUT2D eigenvalue weighted by Crippen LogP contribution is 2.54. The number of hydrogen-bond donors (Lipinski definition) is 2. The molecule has 4 heterocycles. The Morgan fingerprint density at radius 2 is 1.82 bits per heavy atom. The summed E-state index contributed by atoms with van der Waals surface area (Å²) in [5, 5.41) is 3.45. The summed E-state index contributed by atoms with van der Waals surface area (Å²) in [5.41, 5.74) is 1.93. The molecule has 0 radical (unpaired) electrons. The fraction of sp³-hybridized carbons (Fsp3) is 0.519. The van der Waals surface area contributed by atoms with Gasteiger partial charge in [-0.2, -0.15) is 17.6 Å². The van der Waals surface area contributed by atoms with Gasteiger partial charge in [0.05, 0.1) is 31.5 Å². The van der Waals surface area contributed by atoms with E-state index in [1.807, 2.05) is 0 Å². The first kappa shape index (κ1) is 31.2. The Hall–Kier alpha value is -3.32. The van der Waals surface area contributed by atoms with E-state index in [1.165, 1.54) is 20.1 Å². The first-order valence-electron chi connectivity index (χ1n) is 12.3. The molecule has 0 saturated carbocycles. The monoisotopic (exact) mass is 572 g/mol. The Balaban J connectivity index is 0.000000828. The minimum atomic E-state index is -4.67. The van der Waals surface area contributed by atoms with Crippen LogP contribution >= 0.6 is 0 Å². The van der Waals surface area contributed by atoms with Crippen molar-refractivity contribution < 1.29 is 41.0 Å². The predicted molar refractivity (Wildman–Crippen MR) is 137 cm³/mol. The molecule has 13 heteroatoms. The maximum atomic E-state index is 14.5. The summed E-state index contributed by atoms with van der Waals surface area (Å²) in [7, 11) is 2.46. The molecule has 2 saturated heterocycles. The maximum absolute atomic E-state index is 14.5. The average molecular weight is 573 g/mol. The number of carbonyl (C=O) groups is 1. The van der Waals surface area contributed by atoms with Crippen molar-refractivity contribution in [3.8, 4) is 5.75 Å². The molecule has 0 spiro atoms. The molecule has 0 amide bonds. The molecule has 220 valence electrons. The number of H-pyrrole nitrogens is 1. The highest BCUT2D eigenvalue weighted by molar-refractivity contribution is 5.78. The molecular formula is C27H33F5N4O4. The Bertz CT molecular complexity index is 1320. The summed E-state index contributed by atoms with van der Waals surface area (Å²) in [5.74, 6) is -4.82. The molecule has 40 heavy (non-hydrogen) atoms. The molecule has 2 aliphatic rings. The van der Waals surface area contributed by atoms with Crippen molar-refractivity contribution in [3.05, 3.63) is 53.1 Å². The Morgan fingerprint density at radius 1 is 1.12 bits per heavy atom. The molecule has 0 bridgehead atoms. The van der Waals surface area contributed by atoms with Gasteiger partial charge in [-0.25, -0.2) is 9.37 Å². The number of nitrogens with one attached hydrogen (secondary N) is 2. The molecule has 5 unspecified atom stereocenters. The van der Waals surface area contributed by atoms with E-state index in [2.05, 4.69) is 31.9 Å². The number of nitrogens with zero attached hydrogens (tertiary/aromatic N) is 2. The number of fused-ring (bicyclic) bond motifs is 1. The van der Waals surface area contributed by atoms with Gasteiger partial charge in [0.15, 0.2) is 17.7 Å². The van der Waals surface area contributed by atoms with Gasteiger partial charge in [0.25, 0.3) is 6.47 Å². The first-order valence-corrected chi connectivity index (χ1v) is 12.3. The molecule has 1 aromatic carbocycles. The highest BCUT2D eigenvalue weighted by atomic mass is 19.4. The second-order valence-corrected chi connectivity index (χ2v) is 9.63. The Morgan fingerprint density at radius 3 is 2.40 bits per heavy atom. The number of benzene rings is 1. The number of imidazole rings is 1. The van der Waals surface area contributed by atoms with Crippen LogP contribution in [0.15, 0.2) is 24.4 Å². The molecule has 3 aromatic rings. The van der Waals surface area contributed by atoms with Gasteiger partial charge in [0.1, 0.15) is 17.4 Å². The fourth-order valence-electron chi connectivity index (χ4n) is 5.41. The van der Waals surface area contributed by atoms with E-state index in [0.717, 1.165) is 26.0 Å². The van der Waals surface area contributed by atoms with E-state index in [9.17, 15) is 22.0 Å². The van der Waals surface area contributed by atoms with Gasteiger partial charge in [0, 0.05) is 29.6 Å². The molecule has 2 aromatic heterocycles. The van der Waals surface area contributed by atoms with E-state index < -0.39 is 47.6 Å². The normalized spacial score (nSPS) is 26.1. The molecule has 8 nitrogen and oxygen atoms in total. The number of pyridine rings is 1. The smallest absolute Gasteiger partial charge is 0.414 e. The Kier molecular flexibility index (Phi) is 9.72. The van der Waals surface area contributed by atoms with Crippen molar-refractivity contribution >= 4 is 17.5 Å². The van der Waals surface area contributed by atoms with Crippen molar-refractivity contribution in [3.63, 3.8) is 0 Å². The van der Waals surface area contributed by atoms with Crippen LogP contribution < -0.4 is 10.1 Å². The summed E-state index contributed by atoms with van der Waals surface area (Å²) in [6.45, 7) is 3.82. The third-order valence-corrected chi connectivity index (χ3v) is 7.15. The van der Waals surface area contributed by atoms with Gasteiger partial charge in [-0.1, -0.05) is 20.4 Å². The lowest BCUT2D eigenvalue weighted by Crippen LogP contribution is -2.33. The third-order valence-electron chi connectivity index (χ3n) is 7.15. The van der Waals surface area contributed by atoms with Crippen molar-refractivity contribution in [2.75, 3.05) is 14.2 Å². The van der Waals surface area contributed by atoms with Crippen LogP contribution in [0.2, 0.25) is 0 Å². The third kappa shape index (κ3) is 5.90. The standard InChI is InChI=1S/C24H25F5N4O2.C2H4O2.CH4/c1-10-4-7-14(31-10)18-19-15(8-9-30-18)32-23(33-19)21-16(11(2)22(35-21)24(27,28)29)12-5-6-13(25)17(26)20(12)34-3;1-4-2-3;/h5-6,8-11,14,16,21-22,31H,4,7H2,1-3H3,(H,32,33);2H,1H3;1H4/t10?,11?,14?,16?,21-,22?;;/m1../s1. The number of rotatable bonds is 5. The predicted octanol–water partition coefficient (Wildman–Crippen LogP) is 5.91. The molecule has 5 rings (SSSR count). The van der Waals surface area contributed by atoms with E-state index in [4.69, 9.17) is 14.3 Å². The first-order chi connectivity index (χ1) is 18.5. The van der Waals surface area contributed by atoms with E-state index in [0.29, 0.717) is 29.2 Å². The summed E-state index contributed by atoms with van der Waals surface area (Å²) in [6.07, 6.45) is -4.55. The minimum absolute atomic E-state index is 0. The summed E-state index contributed by atoms with van der Waals surface area (Å²) in [4.78, 5) is 21.1. The molecule has 0 aliphatic carbocycles. The zero-order valence-corrected chi connectivity index (χ0v) is 21.7. The SMILES string of the molecule is C.COC=O.COc1c(C2C(C)C(C(F)(F)F)O[C@H]2c2nc3c(C4CCC(C)N4)nccc3[nH]2)ccc(F)c1F. The number of carbonyl (C=O) groups excluding carboxylic acids is 1. The van der Waals surface area contributed by atoms with Gasteiger partial charge < -0.3 is 24.5 Å². The largest absolute Gasteiger partial charge is 0.493 e. The number of aromatic nitrogens is 3. The van der Waals surface area contributed by atoms with Crippen LogP contribution in [0.1, 0.15) is 69.3 Å². The summed E-state index contributed by atoms with van der Waals surface area (Å²) in [6, 6.07) is 4.10. The van der Waals surface area contributed by atoms with Gasteiger partial charge in [0.2, 0.25) is 5.82 Å². The van der Waals surface area contributed by atoms with Crippen LogP contribution in [0.4, 0.5) is 22.0 Å². The quantitative estimate of drug-likeness (QED) is 0.290. The number of ether oxygens (including phenoxy) is 3. The number of hydrogen-bond acceptors (Lipinski definition) is 7. The lowest BCUT2D eigenvalue weighted by molar-refractivity contribution is -0.223. The highest BCUT2D eigenvalue weighted by Gasteiger charge is 2.56. The van der Waals surface area contributed by atoms with Crippen LogP contribution in [0.5, 0.6) is 5.75 Å². The lowest BCUT2D eigenvalue weighted by atomic mass is 9.81. The van der Waals surface area contributed by atoms with Crippen molar-refractivity contribution in [1.82, 2.24) is 20.3 Å². The van der Waals surface area contributed by atoms with Crippen LogP contribution in [-0.2, 0) is 14.3 Å². The van der Waals surface area contributed by atoms with Crippen LogP contribution in [-0.4, -0.2) is 54.0 Å². The zero-order valence-electron chi connectivity index (χ0n) is 21.7. The Labute approximate surface area is 228 Å². The van der Waals surface area contributed by atoms with Crippen LogP contribution in [0.3, 0.4) is 0 Å².